The van der Waals surface area contributed by atoms with Crippen LogP contribution in [0, 0.1) is 6.92 Å². The van der Waals surface area contributed by atoms with Crippen LogP contribution in [0.2, 0.25) is 5.02 Å². The number of thiazole rings is 1. The normalized spacial score (nSPS) is 10.4. The van der Waals surface area contributed by atoms with Gasteiger partial charge in [-0.15, -0.1) is 0 Å². The van der Waals surface area contributed by atoms with E-state index in [0.29, 0.717) is 11.4 Å². The molecular formula is C13H13ClN2OS. The summed E-state index contributed by atoms with van der Waals surface area (Å²) < 4.78 is 0. The van der Waals surface area contributed by atoms with Gasteiger partial charge in [0.2, 0.25) is 0 Å². The van der Waals surface area contributed by atoms with E-state index in [2.05, 4.69) is 4.98 Å². The van der Waals surface area contributed by atoms with E-state index >= 15 is 0 Å². The molecule has 0 atom stereocenters. The number of carbonyl (C=O) groups excluding carboxylic acids is 1. The number of halogens is 1. The van der Waals surface area contributed by atoms with Crippen LogP contribution in [0.15, 0.2) is 24.3 Å². The Hall–Kier alpha value is -1.39. The Morgan fingerprint density at radius 2 is 2.17 bits per heavy atom. The number of benzene rings is 1. The number of hydrogen-bond donors (Lipinski definition) is 0. The zero-order chi connectivity index (χ0) is 13.1. The van der Waals surface area contributed by atoms with E-state index in [1.54, 1.807) is 0 Å². The van der Waals surface area contributed by atoms with Gasteiger partial charge in [-0.3, -0.25) is 4.79 Å². The van der Waals surface area contributed by atoms with Crippen molar-refractivity contribution in [2.45, 2.75) is 13.5 Å². The van der Waals surface area contributed by atoms with E-state index in [0.717, 1.165) is 27.7 Å². The molecule has 94 valence electrons. The van der Waals surface area contributed by atoms with E-state index in [1.165, 1.54) is 11.3 Å². The van der Waals surface area contributed by atoms with Crippen molar-refractivity contribution in [2.75, 3.05) is 11.9 Å². The summed E-state index contributed by atoms with van der Waals surface area (Å²) in [5, 5.41) is 1.57. The van der Waals surface area contributed by atoms with Gasteiger partial charge in [0.05, 0.1) is 10.6 Å². The number of carbonyl (C=O) groups is 1. The second-order valence-corrected chi connectivity index (χ2v) is 5.43. The van der Waals surface area contributed by atoms with E-state index in [4.69, 9.17) is 11.6 Å². The standard InChI is InChI=1S/C13H13ClN2OS/c1-9-12(8-17)18-13(15-9)16(2)7-10-5-3-4-6-11(10)14/h3-6,8H,7H2,1-2H3. The maximum atomic E-state index is 10.8. The third-order valence-electron chi connectivity index (χ3n) is 2.62. The molecule has 5 heteroatoms. The van der Waals surface area contributed by atoms with Crippen molar-refractivity contribution in [3.8, 4) is 0 Å². The number of aromatic nitrogens is 1. The lowest BCUT2D eigenvalue weighted by molar-refractivity contribution is 0.112. The molecule has 0 radical (unpaired) electrons. The van der Waals surface area contributed by atoms with Crippen LogP contribution >= 0.6 is 22.9 Å². The third kappa shape index (κ3) is 2.71. The van der Waals surface area contributed by atoms with Crippen LogP contribution in [-0.4, -0.2) is 18.3 Å². The minimum Gasteiger partial charge on any atom is -0.347 e. The van der Waals surface area contributed by atoms with Gasteiger partial charge in [0, 0.05) is 18.6 Å². The van der Waals surface area contributed by atoms with Gasteiger partial charge in [0.1, 0.15) is 0 Å². The lowest BCUT2D eigenvalue weighted by atomic mass is 10.2. The number of rotatable bonds is 4. The molecule has 2 aromatic rings. The number of hydrogen-bond acceptors (Lipinski definition) is 4. The van der Waals surface area contributed by atoms with E-state index in [1.807, 2.05) is 43.1 Å². The Labute approximate surface area is 115 Å². The van der Waals surface area contributed by atoms with Crippen LogP contribution in [0.5, 0.6) is 0 Å². The minimum absolute atomic E-state index is 0.672. The zero-order valence-corrected chi connectivity index (χ0v) is 11.8. The maximum absolute atomic E-state index is 10.8. The molecule has 0 spiro atoms. The molecule has 2 rings (SSSR count). The first-order valence-corrected chi connectivity index (χ1v) is 6.68. The van der Waals surface area contributed by atoms with Gasteiger partial charge in [-0.2, -0.15) is 0 Å². The topological polar surface area (TPSA) is 33.2 Å². The van der Waals surface area contributed by atoms with Crippen molar-refractivity contribution in [2.24, 2.45) is 0 Å². The highest BCUT2D eigenvalue weighted by atomic mass is 35.5. The Balaban J connectivity index is 2.19. The molecule has 0 bridgehead atoms. The molecule has 0 fully saturated rings. The van der Waals surface area contributed by atoms with Gasteiger partial charge in [0.15, 0.2) is 11.4 Å². The van der Waals surface area contributed by atoms with Crippen LogP contribution in [0.25, 0.3) is 0 Å². The maximum Gasteiger partial charge on any atom is 0.186 e. The van der Waals surface area contributed by atoms with Crippen LogP contribution in [0.1, 0.15) is 20.9 Å². The molecule has 0 aliphatic heterocycles. The summed E-state index contributed by atoms with van der Waals surface area (Å²) in [4.78, 5) is 17.9. The molecule has 0 saturated heterocycles. The summed E-state index contributed by atoms with van der Waals surface area (Å²) in [5.74, 6) is 0. The van der Waals surface area contributed by atoms with Crippen molar-refractivity contribution in [3.63, 3.8) is 0 Å². The molecule has 0 aliphatic rings. The quantitative estimate of drug-likeness (QED) is 0.803. The first-order valence-electron chi connectivity index (χ1n) is 5.49. The molecule has 0 N–H and O–H groups in total. The Kier molecular flexibility index (Phi) is 3.99. The highest BCUT2D eigenvalue weighted by molar-refractivity contribution is 7.17. The van der Waals surface area contributed by atoms with Gasteiger partial charge in [-0.1, -0.05) is 41.1 Å². The molecule has 0 aliphatic carbocycles. The van der Waals surface area contributed by atoms with Crippen LogP contribution in [0.4, 0.5) is 5.13 Å². The fourth-order valence-corrected chi connectivity index (χ4v) is 2.65. The van der Waals surface area contributed by atoms with Crippen LogP contribution in [-0.2, 0) is 6.54 Å². The SMILES string of the molecule is Cc1nc(N(C)Cc2ccccc2Cl)sc1C=O. The second-order valence-electron chi connectivity index (χ2n) is 4.01. The van der Waals surface area contributed by atoms with Crippen molar-refractivity contribution in [1.82, 2.24) is 4.98 Å². The summed E-state index contributed by atoms with van der Waals surface area (Å²) in [6.07, 6.45) is 0.847. The predicted octanol–water partition coefficient (Wildman–Crippen LogP) is 3.55. The van der Waals surface area contributed by atoms with Crippen molar-refractivity contribution in [1.29, 1.82) is 0 Å². The Morgan fingerprint density at radius 3 is 2.78 bits per heavy atom. The summed E-state index contributed by atoms with van der Waals surface area (Å²) in [7, 11) is 1.94. The summed E-state index contributed by atoms with van der Waals surface area (Å²) in [6, 6.07) is 7.72. The van der Waals surface area contributed by atoms with Crippen molar-refractivity contribution in [3.05, 3.63) is 45.4 Å². The number of aldehydes is 1. The Bertz CT molecular complexity index is 568. The van der Waals surface area contributed by atoms with Crippen LogP contribution in [0.3, 0.4) is 0 Å². The van der Waals surface area contributed by atoms with Gasteiger partial charge in [0.25, 0.3) is 0 Å². The highest BCUT2D eigenvalue weighted by Gasteiger charge is 2.11. The highest BCUT2D eigenvalue weighted by Crippen LogP contribution is 2.26. The van der Waals surface area contributed by atoms with E-state index in [9.17, 15) is 4.79 Å². The van der Waals surface area contributed by atoms with Crippen molar-refractivity contribution < 1.29 is 4.79 Å². The molecule has 3 nitrogen and oxygen atoms in total. The molecular weight excluding hydrogens is 268 g/mol. The van der Waals surface area contributed by atoms with E-state index in [-0.39, 0.29) is 0 Å². The number of aryl methyl sites for hydroxylation is 1. The fourth-order valence-electron chi connectivity index (χ4n) is 1.62. The van der Waals surface area contributed by atoms with Gasteiger partial charge in [-0.25, -0.2) is 4.98 Å². The molecule has 18 heavy (non-hydrogen) atoms. The molecule has 1 aromatic carbocycles. The monoisotopic (exact) mass is 280 g/mol. The molecule has 0 amide bonds. The summed E-state index contributed by atoms with van der Waals surface area (Å²) in [6.45, 7) is 2.51. The molecule has 1 aromatic heterocycles. The largest absolute Gasteiger partial charge is 0.347 e. The third-order valence-corrected chi connectivity index (χ3v) is 4.19. The summed E-state index contributed by atoms with van der Waals surface area (Å²) >= 11 is 7.52. The molecule has 0 saturated carbocycles. The van der Waals surface area contributed by atoms with Gasteiger partial charge >= 0.3 is 0 Å². The van der Waals surface area contributed by atoms with Crippen LogP contribution < -0.4 is 4.90 Å². The fraction of sp³-hybridized carbons (Fsp3) is 0.231. The van der Waals surface area contributed by atoms with Gasteiger partial charge < -0.3 is 4.90 Å². The van der Waals surface area contributed by atoms with Crippen molar-refractivity contribution >= 4 is 34.4 Å². The summed E-state index contributed by atoms with van der Waals surface area (Å²) in [5.41, 5.74) is 1.82. The predicted molar refractivity (Wildman–Crippen MR) is 75.8 cm³/mol. The molecule has 1 heterocycles. The average molecular weight is 281 g/mol. The zero-order valence-electron chi connectivity index (χ0n) is 10.2. The smallest absolute Gasteiger partial charge is 0.186 e. The average Bonchev–Trinajstić information content (AvgIpc) is 2.73. The van der Waals surface area contributed by atoms with Gasteiger partial charge in [-0.05, 0) is 18.6 Å². The lowest BCUT2D eigenvalue weighted by Gasteiger charge is -2.16. The Morgan fingerprint density at radius 1 is 1.44 bits per heavy atom. The second kappa shape index (κ2) is 5.50. The minimum atomic E-state index is 0.672. The molecule has 0 unspecified atom stereocenters. The first kappa shape index (κ1) is 13.1. The lowest BCUT2D eigenvalue weighted by Crippen LogP contribution is -2.16. The first-order chi connectivity index (χ1) is 8.61. The number of nitrogens with zero attached hydrogens (tertiary/aromatic N) is 2. The van der Waals surface area contributed by atoms with E-state index < -0.39 is 0 Å². The number of anilines is 1.